The van der Waals surface area contributed by atoms with Crippen LogP contribution in [0.1, 0.15) is 31.1 Å². The van der Waals surface area contributed by atoms with Crippen molar-refractivity contribution < 1.29 is 9.72 Å². The van der Waals surface area contributed by atoms with Crippen molar-refractivity contribution in [2.24, 2.45) is 0 Å². The third kappa shape index (κ3) is 3.13. The van der Waals surface area contributed by atoms with Gasteiger partial charge in [0.15, 0.2) is 0 Å². The number of carbonyl (C=O) groups is 1. The fraction of sp³-hybridized carbons (Fsp3) is 0.462. The third-order valence-electron chi connectivity index (χ3n) is 3.44. The van der Waals surface area contributed by atoms with Gasteiger partial charge >= 0.3 is 5.69 Å². The number of carbonyl (C=O) groups excluding carboxylic acids is 1. The molecule has 0 radical (unpaired) electrons. The van der Waals surface area contributed by atoms with E-state index in [-0.39, 0.29) is 11.6 Å². The Hall–Kier alpha value is -2.71. The van der Waals surface area contributed by atoms with E-state index in [9.17, 15) is 14.9 Å². The molecule has 0 saturated carbocycles. The van der Waals surface area contributed by atoms with Gasteiger partial charge in [-0.15, -0.1) is 0 Å². The van der Waals surface area contributed by atoms with Crippen molar-refractivity contribution in [3.8, 4) is 0 Å². The lowest BCUT2D eigenvalue weighted by atomic mass is 10.2. The Morgan fingerprint density at radius 3 is 2.73 bits per heavy atom. The quantitative estimate of drug-likeness (QED) is 0.637. The molecule has 0 spiro atoms. The second-order valence-corrected chi connectivity index (χ2v) is 4.91. The first-order chi connectivity index (χ1) is 10.4. The molecule has 9 nitrogen and oxygen atoms in total. The van der Waals surface area contributed by atoms with Gasteiger partial charge in [-0.2, -0.15) is 10.2 Å². The number of nitrogens with zero attached hydrogens (tertiary/aromatic N) is 5. The monoisotopic (exact) mass is 306 g/mol. The van der Waals surface area contributed by atoms with Crippen LogP contribution in [0.2, 0.25) is 0 Å². The molecule has 0 saturated heterocycles. The molecule has 0 aliphatic heterocycles. The van der Waals surface area contributed by atoms with Crippen LogP contribution < -0.4 is 5.32 Å². The zero-order valence-corrected chi connectivity index (χ0v) is 12.7. The normalized spacial score (nSPS) is 12.1. The van der Waals surface area contributed by atoms with E-state index in [4.69, 9.17) is 0 Å². The molecule has 0 aromatic carbocycles. The van der Waals surface area contributed by atoms with E-state index in [0.717, 1.165) is 18.3 Å². The van der Waals surface area contributed by atoms with Gasteiger partial charge < -0.3 is 5.32 Å². The predicted octanol–water partition coefficient (Wildman–Crippen LogP) is 1.19. The Kier molecular flexibility index (Phi) is 4.54. The van der Waals surface area contributed by atoms with Gasteiger partial charge in [0, 0.05) is 24.8 Å². The summed E-state index contributed by atoms with van der Waals surface area (Å²) >= 11 is 0. The topological polar surface area (TPSA) is 108 Å². The van der Waals surface area contributed by atoms with Gasteiger partial charge in [0.1, 0.15) is 17.9 Å². The van der Waals surface area contributed by atoms with Gasteiger partial charge in [0.2, 0.25) is 5.91 Å². The summed E-state index contributed by atoms with van der Waals surface area (Å²) in [5, 5.41) is 21.6. The summed E-state index contributed by atoms with van der Waals surface area (Å²) in [5.41, 5.74) is 1.15. The third-order valence-corrected chi connectivity index (χ3v) is 3.44. The first kappa shape index (κ1) is 15.7. The largest absolute Gasteiger partial charge is 0.350 e. The number of hydrogen-bond donors (Lipinski definition) is 1. The first-order valence-electron chi connectivity index (χ1n) is 6.91. The van der Waals surface area contributed by atoms with Crippen LogP contribution in [-0.4, -0.2) is 30.4 Å². The molecule has 22 heavy (non-hydrogen) atoms. The number of rotatable bonds is 6. The molecule has 1 atom stereocenters. The van der Waals surface area contributed by atoms with E-state index in [1.807, 2.05) is 13.1 Å². The number of hydrogen-bond acceptors (Lipinski definition) is 5. The van der Waals surface area contributed by atoms with Gasteiger partial charge in [0.05, 0.1) is 11.1 Å². The van der Waals surface area contributed by atoms with Gasteiger partial charge in [0.25, 0.3) is 0 Å². The molecule has 9 heteroatoms. The summed E-state index contributed by atoms with van der Waals surface area (Å²) in [5.74, 6) is -0.259. The van der Waals surface area contributed by atoms with Gasteiger partial charge in [-0.3, -0.25) is 24.3 Å². The Labute approximate surface area is 127 Å². The molecule has 2 heterocycles. The number of amides is 1. The fourth-order valence-corrected chi connectivity index (χ4v) is 2.10. The highest BCUT2D eigenvalue weighted by Crippen LogP contribution is 2.19. The average molecular weight is 306 g/mol. The van der Waals surface area contributed by atoms with Gasteiger partial charge in [-0.25, -0.2) is 0 Å². The zero-order chi connectivity index (χ0) is 16.3. The molecular weight excluding hydrogens is 288 g/mol. The van der Waals surface area contributed by atoms with Crippen molar-refractivity contribution in [1.29, 1.82) is 0 Å². The van der Waals surface area contributed by atoms with E-state index < -0.39 is 11.0 Å². The van der Waals surface area contributed by atoms with Crippen LogP contribution in [0.25, 0.3) is 0 Å². The van der Waals surface area contributed by atoms with Crippen LogP contribution in [0.5, 0.6) is 0 Å². The number of nitro groups is 1. The number of nitrogens with one attached hydrogen (secondary N) is 1. The van der Waals surface area contributed by atoms with E-state index in [0.29, 0.717) is 12.2 Å². The SMILES string of the molecule is CCn1cc(CNC(=O)C(C)n2ncc([N+](=O)[O-])c2C)cn1. The summed E-state index contributed by atoms with van der Waals surface area (Å²) in [7, 11) is 0. The molecule has 118 valence electrons. The van der Waals surface area contributed by atoms with Crippen LogP contribution in [-0.2, 0) is 17.9 Å². The van der Waals surface area contributed by atoms with E-state index >= 15 is 0 Å². The van der Waals surface area contributed by atoms with Crippen LogP contribution in [0.3, 0.4) is 0 Å². The summed E-state index contributed by atoms with van der Waals surface area (Å²) in [6.07, 6.45) is 4.71. The minimum absolute atomic E-state index is 0.0936. The Bertz CT molecular complexity index is 690. The van der Waals surface area contributed by atoms with Crippen LogP contribution >= 0.6 is 0 Å². The lowest BCUT2D eigenvalue weighted by Gasteiger charge is -2.13. The maximum atomic E-state index is 12.2. The van der Waals surface area contributed by atoms with Gasteiger partial charge in [-0.05, 0) is 20.8 Å². The molecular formula is C13H18N6O3. The lowest BCUT2D eigenvalue weighted by Crippen LogP contribution is -2.31. The summed E-state index contributed by atoms with van der Waals surface area (Å²) in [6.45, 7) is 6.31. The molecule has 2 aromatic rings. The van der Waals surface area contributed by atoms with E-state index in [2.05, 4.69) is 15.5 Å². The molecule has 2 aromatic heterocycles. The van der Waals surface area contributed by atoms with Crippen molar-refractivity contribution >= 4 is 11.6 Å². The second-order valence-electron chi connectivity index (χ2n) is 4.91. The average Bonchev–Trinajstić information content (AvgIpc) is 3.10. The second kappa shape index (κ2) is 6.37. The Morgan fingerprint density at radius 2 is 2.18 bits per heavy atom. The van der Waals surface area contributed by atoms with Crippen molar-refractivity contribution in [3.63, 3.8) is 0 Å². The Balaban J connectivity index is 2.01. The first-order valence-corrected chi connectivity index (χ1v) is 6.91. The highest BCUT2D eigenvalue weighted by atomic mass is 16.6. The fourth-order valence-electron chi connectivity index (χ4n) is 2.10. The molecule has 0 fully saturated rings. The molecule has 0 bridgehead atoms. The molecule has 0 aliphatic rings. The van der Waals surface area contributed by atoms with Crippen LogP contribution in [0.15, 0.2) is 18.6 Å². The summed E-state index contributed by atoms with van der Waals surface area (Å²) in [4.78, 5) is 22.5. The van der Waals surface area contributed by atoms with Crippen LogP contribution in [0.4, 0.5) is 5.69 Å². The smallest absolute Gasteiger partial charge is 0.309 e. The molecule has 1 N–H and O–H groups in total. The lowest BCUT2D eigenvalue weighted by molar-refractivity contribution is -0.385. The highest BCUT2D eigenvalue weighted by molar-refractivity contribution is 5.79. The Morgan fingerprint density at radius 1 is 1.45 bits per heavy atom. The molecule has 0 aliphatic carbocycles. The van der Waals surface area contributed by atoms with Crippen molar-refractivity contribution in [2.45, 2.75) is 39.9 Å². The summed E-state index contributed by atoms with van der Waals surface area (Å²) < 4.78 is 3.12. The molecule has 1 unspecified atom stereocenters. The summed E-state index contributed by atoms with van der Waals surface area (Å²) in [6, 6.07) is -0.630. The van der Waals surface area contributed by atoms with Crippen molar-refractivity contribution in [1.82, 2.24) is 24.9 Å². The standard InChI is InChI=1S/C13H18N6O3/c1-4-17-8-11(6-15-17)5-14-13(20)10(3)18-9(2)12(7-16-18)19(21)22/h6-8,10H,4-5H2,1-3H3,(H,14,20). The minimum atomic E-state index is -0.630. The van der Waals surface area contributed by atoms with E-state index in [1.165, 1.54) is 4.68 Å². The number of aryl methyl sites for hydroxylation is 1. The van der Waals surface area contributed by atoms with Crippen LogP contribution in [0, 0.1) is 17.0 Å². The molecule has 1 amide bonds. The van der Waals surface area contributed by atoms with E-state index in [1.54, 1.807) is 24.7 Å². The molecule has 2 rings (SSSR count). The number of aromatic nitrogens is 4. The maximum Gasteiger partial charge on any atom is 0.309 e. The minimum Gasteiger partial charge on any atom is -0.350 e. The van der Waals surface area contributed by atoms with Crippen molar-refractivity contribution in [3.05, 3.63) is 40.0 Å². The maximum absolute atomic E-state index is 12.2. The zero-order valence-electron chi connectivity index (χ0n) is 12.7. The highest BCUT2D eigenvalue weighted by Gasteiger charge is 2.23. The van der Waals surface area contributed by atoms with Crippen molar-refractivity contribution in [2.75, 3.05) is 0 Å². The predicted molar refractivity (Wildman–Crippen MR) is 78.1 cm³/mol. The van der Waals surface area contributed by atoms with Gasteiger partial charge in [-0.1, -0.05) is 0 Å².